The first-order valence-corrected chi connectivity index (χ1v) is 5.54. The van der Waals surface area contributed by atoms with Crippen molar-refractivity contribution in [1.29, 1.82) is 0 Å². The van der Waals surface area contributed by atoms with Gasteiger partial charge in [-0.05, 0) is 11.8 Å². The summed E-state index contributed by atoms with van der Waals surface area (Å²) in [5.74, 6) is 10.7. The van der Waals surface area contributed by atoms with E-state index in [1.54, 1.807) is 24.3 Å². The summed E-state index contributed by atoms with van der Waals surface area (Å²) in [5, 5.41) is 16.9. The highest BCUT2D eigenvalue weighted by atomic mass is 16.5. The monoisotopic (exact) mass is 250 g/mol. The van der Waals surface area contributed by atoms with Crippen LogP contribution in [0.25, 0.3) is 0 Å². The van der Waals surface area contributed by atoms with Crippen LogP contribution in [-0.2, 0) is 9.47 Å². The van der Waals surface area contributed by atoms with Gasteiger partial charge in [-0.2, -0.15) is 0 Å². The summed E-state index contributed by atoms with van der Waals surface area (Å²) in [6, 6.07) is 0. The van der Waals surface area contributed by atoms with Crippen LogP contribution in [0.15, 0.2) is 24.3 Å². The first-order valence-electron chi connectivity index (χ1n) is 5.54. The Morgan fingerprint density at radius 1 is 0.722 bits per heavy atom. The zero-order valence-electron chi connectivity index (χ0n) is 10.3. The number of ether oxygens (including phenoxy) is 2. The van der Waals surface area contributed by atoms with E-state index in [2.05, 4.69) is 23.7 Å². The van der Waals surface area contributed by atoms with E-state index in [1.807, 2.05) is 0 Å². The average Bonchev–Trinajstić information content (AvgIpc) is 2.39. The van der Waals surface area contributed by atoms with Crippen LogP contribution in [0, 0.1) is 23.7 Å². The maximum Gasteiger partial charge on any atom is 0.109 e. The van der Waals surface area contributed by atoms with Gasteiger partial charge in [-0.3, -0.25) is 0 Å². The van der Waals surface area contributed by atoms with E-state index < -0.39 is 0 Å². The molecule has 0 fully saturated rings. The maximum atomic E-state index is 8.44. The second-order valence-electron chi connectivity index (χ2n) is 2.94. The van der Waals surface area contributed by atoms with Crippen LogP contribution in [0.5, 0.6) is 0 Å². The van der Waals surface area contributed by atoms with E-state index in [0.29, 0.717) is 26.4 Å². The molecule has 0 bridgehead atoms. The fraction of sp³-hybridized carbons (Fsp3) is 0.429. The van der Waals surface area contributed by atoms with Crippen molar-refractivity contribution in [2.24, 2.45) is 0 Å². The van der Waals surface area contributed by atoms with Gasteiger partial charge in [-0.1, -0.05) is 36.1 Å². The van der Waals surface area contributed by atoms with E-state index in [4.69, 9.17) is 19.7 Å². The van der Waals surface area contributed by atoms with Crippen molar-refractivity contribution in [2.75, 3.05) is 39.6 Å². The standard InChI is InChI=1S/C14H18O4/c15-9-3-7-13-17-11-5-1-2-6-12-18-14-8-4-10-16/h3-4,7-8,15-16H,9-14H2/b7-3-,8-4-. The molecule has 0 heterocycles. The van der Waals surface area contributed by atoms with Gasteiger partial charge in [0, 0.05) is 0 Å². The lowest BCUT2D eigenvalue weighted by Crippen LogP contribution is -1.91. The van der Waals surface area contributed by atoms with E-state index >= 15 is 0 Å². The summed E-state index contributed by atoms with van der Waals surface area (Å²) in [6.45, 7) is 1.53. The largest absolute Gasteiger partial charge is 0.392 e. The lowest BCUT2D eigenvalue weighted by Gasteiger charge is -1.91. The molecule has 4 heteroatoms. The predicted octanol–water partition coefficient (Wildman–Crippen LogP) is 0.123. The molecule has 0 spiro atoms. The van der Waals surface area contributed by atoms with Gasteiger partial charge in [0.25, 0.3) is 0 Å². The minimum absolute atomic E-state index is 0.0218. The molecule has 0 aromatic rings. The molecule has 0 aliphatic rings. The molecule has 4 nitrogen and oxygen atoms in total. The molecule has 0 radical (unpaired) electrons. The van der Waals surface area contributed by atoms with Crippen molar-refractivity contribution in [3.63, 3.8) is 0 Å². The van der Waals surface area contributed by atoms with Crippen LogP contribution in [-0.4, -0.2) is 49.9 Å². The Morgan fingerprint density at radius 2 is 1.17 bits per heavy atom. The fourth-order valence-corrected chi connectivity index (χ4v) is 0.802. The normalized spacial score (nSPS) is 10.1. The summed E-state index contributed by atoms with van der Waals surface area (Å²) in [4.78, 5) is 0. The fourth-order valence-electron chi connectivity index (χ4n) is 0.802. The third-order valence-electron chi connectivity index (χ3n) is 1.56. The van der Waals surface area contributed by atoms with E-state index in [9.17, 15) is 0 Å². The first kappa shape index (κ1) is 16.4. The van der Waals surface area contributed by atoms with Crippen LogP contribution in [0.3, 0.4) is 0 Å². The second-order valence-corrected chi connectivity index (χ2v) is 2.94. The van der Waals surface area contributed by atoms with Gasteiger partial charge in [-0.25, -0.2) is 0 Å². The maximum absolute atomic E-state index is 8.44. The van der Waals surface area contributed by atoms with E-state index in [-0.39, 0.29) is 13.2 Å². The number of aliphatic hydroxyl groups is 2. The highest BCUT2D eigenvalue weighted by molar-refractivity contribution is 5.26. The Labute approximate surface area is 108 Å². The van der Waals surface area contributed by atoms with Crippen LogP contribution < -0.4 is 0 Å². The zero-order chi connectivity index (χ0) is 13.3. The highest BCUT2D eigenvalue weighted by Crippen LogP contribution is 1.77. The van der Waals surface area contributed by atoms with Crippen molar-refractivity contribution >= 4 is 0 Å². The molecule has 0 aliphatic heterocycles. The van der Waals surface area contributed by atoms with Gasteiger partial charge in [0.1, 0.15) is 13.2 Å². The summed E-state index contributed by atoms with van der Waals surface area (Å²) in [7, 11) is 0. The van der Waals surface area contributed by atoms with Crippen LogP contribution in [0.2, 0.25) is 0 Å². The van der Waals surface area contributed by atoms with Crippen LogP contribution in [0.4, 0.5) is 0 Å². The molecule has 18 heavy (non-hydrogen) atoms. The third kappa shape index (κ3) is 14.4. The molecule has 2 N–H and O–H groups in total. The molecule has 0 saturated carbocycles. The molecule has 0 unspecified atom stereocenters. The molecule has 0 rings (SSSR count). The highest BCUT2D eigenvalue weighted by Gasteiger charge is 1.78. The van der Waals surface area contributed by atoms with Gasteiger partial charge in [-0.15, -0.1) is 0 Å². The van der Waals surface area contributed by atoms with Crippen LogP contribution >= 0.6 is 0 Å². The van der Waals surface area contributed by atoms with Crippen molar-refractivity contribution in [1.82, 2.24) is 0 Å². The Hall–Kier alpha value is -1.56. The molecular formula is C14H18O4. The molecule has 0 atom stereocenters. The van der Waals surface area contributed by atoms with E-state index in [0.717, 1.165) is 0 Å². The Kier molecular flexibility index (Phi) is 14.1. The second kappa shape index (κ2) is 15.4. The lowest BCUT2D eigenvalue weighted by molar-refractivity contribution is 0.198. The van der Waals surface area contributed by atoms with Crippen molar-refractivity contribution in [2.45, 2.75) is 0 Å². The molecule has 0 aromatic heterocycles. The Bertz CT molecular complexity index is 313. The van der Waals surface area contributed by atoms with E-state index in [1.165, 1.54) is 0 Å². The molecule has 98 valence electrons. The van der Waals surface area contributed by atoms with Crippen molar-refractivity contribution in [3.8, 4) is 23.7 Å². The molecule has 0 aliphatic carbocycles. The number of rotatable bonds is 8. The van der Waals surface area contributed by atoms with Gasteiger partial charge < -0.3 is 19.7 Å². The number of hydrogen-bond acceptors (Lipinski definition) is 4. The zero-order valence-corrected chi connectivity index (χ0v) is 10.3. The summed E-state index contributed by atoms with van der Waals surface area (Å²) >= 11 is 0. The number of aliphatic hydroxyl groups excluding tert-OH is 2. The lowest BCUT2D eigenvalue weighted by atomic mass is 10.5. The average molecular weight is 250 g/mol. The van der Waals surface area contributed by atoms with Gasteiger partial charge in [0.05, 0.1) is 26.4 Å². The molecule has 0 amide bonds. The topological polar surface area (TPSA) is 58.9 Å². The minimum Gasteiger partial charge on any atom is -0.392 e. The molecule has 0 saturated heterocycles. The van der Waals surface area contributed by atoms with Crippen molar-refractivity contribution < 1.29 is 19.7 Å². The number of hydrogen-bond donors (Lipinski definition) is 2. The van der Waals surface area contributed by atoms with Crippen molar-refractivity contribution in [3.05, 3.63) is 24.3 Å². The molecular weight excluding hydrogens is 232 g/mol. The van der Waals surface area contributed by atoms with Gasteiger partial charge in [0.2, 0.25) is 0 Å². The summed E-state index contributed by atoms with van der Waals surface area (Å²) in [5.41, 5.74) is 0. The SMILES string of the molecule is OC/C=C\COCC#CC#CCOC/C=C\CO. The van der Waals surface area contributed by atoms with Crippen LogP contribution in [0.1, 0.15) is 0 Å². The smallest absolute Gasteiger partial charge is 0.109 e. The summed E-state index contributed by atoms with van der Waals surface area (Å²) in [6.07, 6.45) is 6.66. The first-order chi connectivity index (χ1) is 8.91. The van der Waals surface area contributed by atoms with Gasteiger partial charge >= 0.3 is 0 Å². The Balaban J connectivity index is 3.41. The summed E-state index contributed by atoms with van der Waals surface area (Å²) < 4.78 is 10.2. The Morgan fingerprint density at radius 3 is 1.56 bits per heavy atom. The third-order valence-corrected chi connectivity index (χ3v) is 1.56. The predicted molar refractivity (Wildman–Crippen MR) is 69.6 cm³/mol. The molecule has 0 aromatic carbocycles. The van der Waals surface area contributed by atoms with Gasteiger partial charge in [0.15, 0.2) is 0 Å². The quantitative estimate of drug-likeness (QED) is 0.365. The minimum atomic E-state index is 0.0218.